The molecular weight excluding hydrogens is 394 g/mol. The Bertz CT molecular complexity index is 700. The third-order valence-corrected chi connectivity index (χ3v) is 7.92. The highest BCUT2D eigenvalue weighted by Gasteiger charge is 2.33. The summed E-state index contributed by atoms with van der Waals surface area (Å²) in [4.78, 5) is 15.4. The molecule has 0 saturated carbocycles. The molecular formula is C17H26ClN3O3S2. The fourth-order valence-corrected chi connectivity index (χ4v) is 5.56. The van der Waals surface area contributed by atoms with E-state index in [0.29, 0.717) is 44.3 Å². The monoisotopic (exact) mass is 419 g/mol. The van der Waals surface area contributed by atoms with Crippen molar-refractivity contribution in [2.45, 2.75) is 30.9 Å². The van der Waals surface area contributed by atoms with E-state index in [1.165, 1.54) is 20.4 Å². The Morgan fingerprint density at radius 3 is 2.19 bits per heavy atom. The van der Waals surface area contributed by atoms with Gasteiger partial charge in [0.15, 0.2) is 0 Å². The van der Waals surface area contributed by atoms with Gasteiger partial charge in [-0.3, -0.25) is 4.79 Å². The molecule has 1 atom stereocenters. The summed E-state index contributed by atoms with van der Waals surface area (Å²) < 4.78 is 28.0. The maximum atomic E-state index is 12.7. The number of nitrogens with zero attached hydrogens (tertiary/aromatic N) is 3. The molecule has 0 spiro atoms. The summed E-state index contributed by atoms with van der Waals surface area (Å²) in [7, 11) is -3.44. The summed E-state index contributed by atoms with van der Waals surface area (Å²) in [6.45, 7) is 7.95. The Hall–Kier alpha value is -0.800. The first-order chi connectivity index (χ1) is 12.3. The SMILES string of the molecule is CCN(CC)S(=O)(=O)N1CCN(C(=O)C(C)Sc2ccc(Cl)cc2)CC1. The molecule has 0 N–H and O–H groups in total. The first-order valence-corrected chi connectivity index (χ1v) is 11.4. The second-order valence-electron chi connectivity index (χ2n) is 6.03. The molecule has 0 radical (unpaired) electrons. The smallest absolute Gasteiger partial charge is 0.282 e. The van der Waals surface area contributed by atoms with Crippen LogP contribution >= 0.6 is 23.4 Å². The van der Waals surface area contributed by atoms with Gasteiger partial charge in [-0.05, 0) is 31.2 Å². The molecule has 0 aliphatic carbocycles. The van der Waals surface area contributed by atoms with Crippen molar-refractivity contribution in [3.05, 3.63) is 29.3 Å². The van der Waals surface area contributed by atoms with Crippen molar-refractivity contribution in [2.24, 2.45) is 0 Å². The molecule has 1 unspecified atom stereocenters. The number of piperazine rings is 1. The molecule has 9 heteroatoms. The van der Waals surface area contributed by atoms with E-state index in [4.69, 9.17) is 11.6 Å². The summed E-state index contributed by atoms with van der Waals surface area (Å²) in [5, 5.41) is 0.431. The van der Waals surface area contributed by atoms with Gasteiger partial charge in [0.25, 0.3) is 10.2 Å². The summed E-state index contributed by atoms with van der Waals surface area (Å²) in [5.41, 5.74) is 0. The molecule has 146 valence electrons. The topological polar surface area (TPSA) is 60.9 Å². The van der Waals surface area contributed by atoms with Gasteiger partial charge < -0.3 is 4.90 Å². The van der Waals surface area contributed by atoms with Gasteiger partial charge in [0.2, 0.25) is 5.91 Å². The molecule has 1 aliphatic heterocycles. The Morgan fingerprint density at radius 2 is 1.69 bits per heavy atom. The Labute approximate surface area is 165 Å². The standard InChI is InChI=1S/C17H26ClN3O3S2/c1-4-20(5-2)26(23,24)21-12-10-19(11-13-21)17(22)14(3)25-16-8-6-15(18)7-9-16/h6-9,14H,4-5,10-13H2,1-3H3. The number of hydrogen-bond donors (Lipinski definition) is 0. The van der Waals surface area contributed by atoms with E-state index < -0.39 is 10.2 Å². The minimum atomic E-state index is -3.44. The van der Waals surface area contributed by atoms with Crippen LogP contribution in [0.5, 0.6) is 0 Å². The summed E-state index contributed by atoms with van der Waals surface area (Å²) in [6, 6.07) is 7.40. The maximum Gasteiger partial charge on any atom is 0.282 e. The highest BCUT2D eigenvalue weighted by Crippen LogP contribution is 2.26. The van der Waals surface area contributed by atoms with Crippen LogP contribution < -0.4 is 0 Å². The average molecular weight is 420 g/mol. The maximum absolute atomic E-state index is 12.7. The van der Waals surface area contributed by atoms with E-state index >= 15 is 0 Å². The van der Waals surface area contributed by atoms with Crippen molar-refractivity contribution in [3.8, 4) is 0 Å². The van der Waals surface area contributed by atoms with Gasteiger partial charge in [-0.25, -0.2) is 0 Å². The molecule has 1 saturated heterocycles. The van der Waals surface area contributed by atoms with Crippen LogP contribution in [0.1, 0.15) is 20.8 Å². The molecule has 0 bridgehead atoms. The normalized spacial score (nSPS) is 17.5. The van der Waals surface area contributed by atoms with Crippen molar-refractivity contribution in [3.63, 3.8) is 0 Å². The summed E-state index contributed by atoms with van der Waals surface area (Å²) >= 11 is 7.37. The minimum Gasteiger partial charge on any atom is -0.339 e. The van der Waals surface area contributed by atoms with E-state index in [-0.39, 0.29) is 11.2 Å². The lowest BCUT2D eigenvalue weighted by Crippen LogP contribution is -2.55. The van der Waals surface area contributed by atoms with Crippen molar-refractivity contribution in [1.82, 2.24) is 13.5 Å². The van der Waals surface area contributed by atoms with Crippen molar-refractivity contribution in [2.75, 3.05) is 39.3 Å². The molecule has 1 aliphatic rings. The van der Waals surface area contributed by atoms with Gasteiger partial charge in [-0.15, -0.1) is 11.8 Å². The Kier molecular flexibility index (Phi) is 7.78. The third-order valence-electron chi connectivity index (χ3n) is 4.38. The van der Waals surface area contributed by atoms with Crippen LogP contribution in [0.2, 0.25) is 5.02 Å². The second-order valence-corrected chi connectivity index (χ2v) is 9.81. The van der Waals surface area contributed by atoms with E-state index in [9.17, 15) is 13.2 Å². The fraction of sp³-hybridized carbons (Fsp3) is 0.588. The van der Waals surface area contributed by atoms with Crippen LogP contribution in [-0.2, 0) is 15.0 Å². The van der Waals surface area contributed by atoms with Crippen LogP contribution in [0.3, 0.4) is 0 Å². The Morgan fingerprint density at radius 1 is 1.15 bits per heavy atom. The van der Waals surface area contributed by atoms with Crippen LogP contribution in [0.4, 0.5) is 0 Å². The summed E-state index contributed by atoms with van der Waals surface area (Å²) in [6.07, 6.45) is 0. The Balaban J connectivity index is 1.92. The number of carbonyl (C=O) groups excluding carboxylic acids is 1. The quantitative estimate of drug-likeness (QED) is 0.637. The second kappa shape index (κ2) is 9.41. The van der Waals surface area contributed by atoms with Gasteiger partial charge in [-0.1, -0.05) is 25.4 Å². The number of amides is 1. The van der Waals surface area contributed by atoms with Crippen LogP contribution in [0.15, 0.2) is 29.2 Å². The number of halogens is 1. The van der Waals surface area contributed by atoms with Gasteiger partial charge >= 0.3 is 0 Å². The number of thioether (sulfide) groups is 1. The van der Waals surface area contributed by atoms with Crippen LogP contribution in [0, 0.1) is 0 Å². The fourth-order valence-electron chi connectivity index (χ4n) is 2.88. The summed E-state index contributed by atoms with van der Waals surface area (Å²) in [5.74, 6) is 0.0323. The molecule has 26 heavy (non-hydrogen) atoms. The number of carbonyl (C=O) groups is 1. The van der Waals surface area contributed by atoms with Gasteiger partial charge in [0.05, 0.1) is 5.25 Å². The molecule has 1 heterocycles. The van der Waals surface area contributed by atoms with Gasteiger partial charge in [0, 0.05) is 49.2 Å². The highest BCUT2D eigenvalue weighted by molar-refractivity contribution is 8.00. The van der Waals surface area contributed by atoms with E-state index in [1.54, 1.807) is 17.0 Å². The van der Waals surface area contributed by atoms with Crippen molar-refractivity contribution in [1.29, 1.82) is 0 Å². The lowest BCUT2D eigenvalue weighted by molar-refractivity contribution is -0.131. The van der Waals surface area contributed by atoms with E-state index in [0.717, 1.165) is 4.90 Å². The number of benzene rings is 1. The predicted octanol–water partition coefficient (Wildman–Crippen LogP) is 2.55. The number of hydrogen-bond acceptors (Lipinski definition) is 4. The zero-order valence-electron chi connectivity index (χ0n) is 15.4. The molecule has 1 amide bonds. The van der Waals surface area contributed by atoms with Crippen LogP contribution in [0.25, 0.3) is 0 Å². The molecule has 1 aromatic rings. The van der Waals surface area contributed by atoms with Crippen LogP contribution in [-0.4, -0.2) is 72.4 Å². The van der Waals surface area contributed by atoms with Gasteiger partial charge in [0.1, 0.15) is 0 Å². The first-order valence-electron chi connectivity index (χ1n) is 8.75. The zero-order chi connectivity index (χ0) is 19.3. The average Bonchev–Trinajstić information content (AvgIpc) is 2.64. The van der Waals surface area contributed by atoms with E-state index in [2.05, 4.69) is 0 Å². The molecule has 0 aromatic heterocycles. The largest absolute Gasteiger partial charge is 0.339 e. The van der Waals surface area contributed by atoms with E-state index in [1.807, 2.05) is 32.9 Å². The molecule has 6 nitrogen and oxygen atoms in total. The molecule has 1 fully saturated rings. The lowest BCUT2D eigenvalue weighted by atomic mass is 10.3. The minimum absolute atomic E-state index is 0.0323. The predicted molar refractivity (Wildman–Crippen MR) is 107 cm³/mol. The van der Waals surface area contributed by atoms with Crippen molar-refractivity contribution >= 4 is 39.5 Å². The van der Waals surface area contributed by atoms with Crippen molar-refractivity contribution < 1.29 is 13.2 Å². The van der Waals surface area contributed by atoms with Gasteiger partial charge in [-0.2, -0.15) is 17.0 Å². The third kappa shape index (κ3) is 5.13. The highest BCUT2D eigenvalue weighted by atomic mass is 35.5. The number of rotatable bonds is 7. The lowest BCUT2D eigenvalue weighted by Gasteiger charge is -2.37. The molecule has 1 aromatic carbocycles. The first kappa shape index (κ1) is 21.5. The molecule has 2 rings (SSSR count). The zero-order valence-corrected chi connectivity index (χ0v) is 17.8.